The van der Waals surface area contributed by atoms with Crippen LogP contribution in [0.2, 0.25) is 0 Å². The van der Waals surface area contributed by atoms with Crippen LogP contribution in [0.3, 0.4) is 0 Å². The molecule has 0 aliphatic rings. The van der Waals surface area contributed by atoms with Crippen molar-refractivity contribution in [3.63, 3.8) is 0 Å². The average molecular weight is 250 g/mol. The van der Waals surface area contributed by atoms with E-state index in [1.807, 2.05) is 6.92 Å². The molecule has 0 amide bonds. The van der Waals surface area contributed by atoms with Crippen LogP contribution in [0, 0.1) is 5.92 Å². The number of nitrogen functional groups attached to an aromatic ring is 1. The number of nitrogens with two attached hydrogens (primary N) is 1. The van der Waals surface area contributed by atoms with Gasteiger partial charge in [-0.3, -0.25) is 10.5 Å². The van der Waals surface area contributed by atoms with Crippen LogP contribution in [0.25, 0.3) is 11.0 Å². The summed E-state index contributed by atoms with van der Waals surface area (Å²) in [5, 5.41) is 7.46. The van der Waals surface area contributed by atoms with Crippen LogP contribution in [0.5, 0.6) is 5.88 Å². The van der Waals surface area contributed by atoms with Crippen LogP contribution < -0.4 is 16.0 Å². The average Bonchev–Trinajstić information content (AvgIpc) is 2.75. The highest BCUT2D eigenvalue weighted by Gasteiger charge is 2.14. The molecule has 0 saturated carbocycles. The third kappa shape index (κ3) is 2.67. The third-order valence-corrected chi connectivity index (χ3v) is 2.52. The highest BCUT2D eigenvalue weighted by molar-refractivity contribution is 5.80. The summed E-state index contributed by atoms with van der Waals surface area (Å²) in [5.74, 6) is 6.69. The van der Waals surface area contributed by atoms with E-state index >= 15 is 0 Å². The molecular weight excluding hydrogens is 232 g/mol. The van der Waals surface area contributed by atoms with E-state index in [1.54, 1.807) is 6.20 Å². The zero-order valence-corrected chi connectivity index (χ0v) is 10.8. The van der Waals surface area contributed by atoms with Gasteiger partial charge in [0.05, 0.1) is 12.3 Å². The van der Waals surface area contributed by atoms with Crippen LogP contribution in [-0.2, 0) is 0 Å². The topological polar surface area (TPSA) is 102 Å². The van der Waals surface area contributed by atoms with Gasteiger partial charge in [-0.25, -0.2) is 5.84 Å². The molecule has 2 aromatic rings. The summed E-state index contributed by atoms with van der Waals surface area (Å²) in [6, 6.07) is 0. The summed E-state index contributed by atoms with van der Waals surface area (Å²) in [5.41, 5.74) is 3.01. The Labute approximate surface area is 105 Å². The summed E-state index contributed by atoms with van der Waals surface area (Å²) >= 11 is 0. The van der Waals surface area contributed by atoms with Crippen molar-refractivity contribution in [2.24, 2.45) is 11.8 Å². The van der Waals surface area contributed by atoms with E-state index in [1.165, 1.54) is 0 Å². The second-order valence-electron chi connectivity index (χ2n) is 4.69. The minimum absolute atomic E-state index is 0.0728. The monoisotopic (exact) mass is 250 g/mol. The van der Waals surface area contributed by atoms with Gasteiger partial charge in [0.25, 0.3) is 0 Å². The Morgan fingerprint density at radius 3 is 2.83 bits per heavy atom. The van der Waals surface area contributed by atoms with E-state index in [0.29, 0.717) is 23.4 Å². The van der Waals surface area contributed by atoms with Crippen molar-refractivity contribution in [3.05, 3.63) is 6.20 Å². The van der Waals surface area contributed by atoms with E-state index in [0.717, 1.165) is 11.8 Å². The molecule has 98 valence electrons. The Hall–Kier alpha value is -1.89. The first kappa shape index (κ1) is 12.6. The van der Waals surface area contributed by atoms with E-state index in [4.69, 9.17) is 10.6 Å². The molecule has 0 aliphatic carbocycles. The predicted octanol–water partition coefficient (Wildman–Crippen LogP) is 1.45. The molecule has 7 heteroatoms. The molecule has 2 rings (SSSR count). The fourth-order valence-corrected chi connectivity index (χ4v) is 1.87. The number of H-pyrrole nitrogens is 1. The lowest BCUT2D eigenvalue weighted by molar-refractivity contribution is 0.188. The number of aromatic amines is 1. The second kappa shape index (κ2) is 5.18. The zero-order valence-electron chi connectivity index (χ0n) is 10.8. The molecule has 0 spiro atoms. The first-order chi connectivity index (χ1) is 8.60. The number of rotatable bonds is 5. The van der Waals surface area contributed by atoms with Crippen molar-refractivity contribution in [2.75, 3.05) is 5.43 Å². The quantitative estimate of drug-likeness (QED) is 0.548. The lowest BCUT2D eigenvalue weighted by atomic mass is 10.1. The van der Waals surface area contributed by atoms with Gasteiger partial charge in [0, 0.05) is 0 Å². The van der Waals surface area contributed by atoms with Crippen molar-refractivity contribution in [1.29, 1.82) is 0 Å². The van der Waals surface area contributed by atoms with Gasteiger partial charge in [-0.05, 0) is 19.3 Å². The number of ether oxygens (including phenoxy) is 1. The van der Waals surface area contributed by atoms with Gasteiger partial charge in [0.1, 0.15) is 5.39 Å². The highest BCUT2D eigenvalue weighted by atomic mass is 16.5. The summed E-state index contributed by atoms with van der Waals surface area (Å²) < 4.78 is 5.83. The van der Waals surface area contributed by atoms with Crippen molar-refractivity contribution in [3.8, 4) is 5.88 Å². The molecule has 1 unspecified atom stereocenters. The minimum Gasteiger partial charge on any atom is -0.474 e. The molecule has 0 radical (unpaired) electrons. The Balaban J connectivity index is 2.28. The highest BCUT2D eigenvalue weighted by Crippen LogP contribution is 2.23. The third-order valence-electron chi connectivity index (χ3n) is 2.52. The maximum absolute atomic E-state index is 5.83. The normalized spacial score (nSPS) is 12.9. The lowest BCUT2D eigenvalue weighted by Gasteiger charge is -2.16. The maximum Gasteiger partial charge on any atom is 0.242 e. The zero-order chi connectivity index (χ0) is 13.1. The standard InChI is InChI=1S/C11H18N6O/c1-6(2)4-7(3)18-10-8-5-13-17-9(8)14-11(15-10)16-12/h5-7H,4,12H2,1-3H3,(H2,13,14,15,16,17). The number of nitrogens with zero attached hydrogens (tertiary/aromatic N) is 3. The van der Waals surface area contributed by atoms with Crippen LogP contribution >= 0.6 is 0 Å². The van der Waals surface area contributed by atoms with Crippen molar-refractivity contribution in [1.82, 2.24) is 20.2 Å². The Morgan fingerprint density at radius 2 is 2.17 bits per heavy atom. The molecular formula is C11H18N6O. The van der Waals surface area contributed by atoms with Crippen molar-refractivity contribution in [2.45, 2.75) is 33.3 Å². The fraction of sp³-hybridized carbons (Fsp3) is 0.545. The first-order valence-electron chi connectivity index (χ1n) is 5.94. The molecule has 0 aliphatic heterocycles. The summed E-state index contributed by atoms with van der Waals surface area (Å²) in [6.45, 7) is 6.32. The van der Waals surface area contributed by atoms with E-state index < -0.39 is 0 Å². The van der Waals surface area contributed by atoms with Crippen molar-refractivity contribution < 1.29 is 4.74 Å². The van der Waals surface area contributed by atoms with E-state index in [9.17, 15) is 0 Å². The molecule has 1 atom stereocenters. The second-order valence-corrected chi connectivity index (χ2v) is 4.69. The molecule has 2 heterocycles. The molecule has 0 aromatic carbocycles. The number of aromatic nitrogens is 4. The predicted molar refractivity (Wildman–Crippen MR) is 69.0 cm³/mol. The van der Waals surface area contributed by atoms with Crippen LogP contribution in [0.4, 0.5) is 5.95 Å². The lowest BCUT2D eigenvalue weighted by Crippen LogP contribution is -2.17. The summed E-state index contributed by atoms with van der Waals surface area (Å²) in [6.07, 6.45) is 2.67. The van der Waals surface area contributed by atoms with E-state index in [-0.39, 0.29) is 6.10 Å². The largest absolute Gasteiger partial charge is 0.474 e. The number of nitrogens with one attached hydrogen (secondary N) is 2. The maximum atomic E-state index is 5.83. The molecule has 4 N–H and O–H groups in total. The van der Waals surface area contributed by atoms with Crippen LogP contribution in [-0.4, -0.2) is 26.3 Å². The van der Waals surface area contributed by atoms with Gasteiger partial charge in [-0.1, -0.05) is 13.8 Å². The molecule has 0 saturated heterocycles. The van der Waals surface area contributed by atoms with Gasteiger partial charge in [-0.2, -0.15) is 15.1 Å². The molecule has 2 aromatic heterocycles. The molecule has 0 fully saturated rings. The molecule has 18 heavy (non-hydrogen) atoms. The van der Waals surface area contributed by atoms with Gasteiger partial charge >= 0.3 is 0 Å². The van der Waals surface area contributed by atoms with Gasteiger partial charge in [0.15, 0.2) is 5.65 Å². The van der Waals surface area contributed by atoms with Crippen molar-refractivity contribution >= 4 is 17.0 Å². The molecule has 7 nitrogen and oxygen atoms in total. The number of anilines is 1. The summed E-state index contributed by atoms with van der Waals surface area (Å²) in [4.78, 5) is 8.35. The van der Waals surface area contributed by atoms with Gasteiger partial charge < -0.3 is 4.74 Å². The smallest absolute Gasteiger partial charge is 0.242 e. The fourth-order valence-electron chi connectivity index (χ4n) is 1.87. The Bertz CT molecular complexity index is 523. The Kier molecular flexibility index (Phi) is 3.61. The minimum atomic E-state index is 0.0728. The number of hydrogen-bond donors (Lipinski definition) is 3. The first-order valence-corrected chi connectivity index (χ1v) is 5.94. The number of hydrogen-bond acceptors (Lipinski definition) is 6. The van der Waals surface area contributed by atoms with Crippen LogP contribution in [0.15, 0.2) is 6.20 Å². The number of fused-ring (bicyclic) bond motifs is 1. The van der Waals surface area contributed by atoms with Gasteiger partial charge in [0.2, 0.25) is 11.8 Å². The molecule has 0 bridgehead atoms. The van der Waals surface area contributed by atoms with Gasteiger partial charge in [-0.15, -0.1) is 0 Å². The number of hydrazine groups is 1. The van der Waals surface area contributed by atoms with E-state index in [2.05, 4.69) is 39.4 Å². The Morgan fingerprint density at radius 1 is 1.39 bits per heavy atom. The van der Waals surface area contributed by atoms with Crippen LogP contribution in [0.1, 0.15) is 27.2 Å². The summed E-state index contributed by atoms with van der Waals surface area (Å²) in [7, 11) is 0. The SMILES string of the molecule is CC(C)CC(C)Oc1nc(NN)nc2[nH]ncc12.